The summed E-state index contributed by atoms with van der Waals surface area (Å²) < 4.78 is 5.22. The fourth-order valence-electron chi connectivity index (χ4n) is 2.78. The lowest BCUT2D eigenvalue weighted by Gasteiger charge is -2.33. The van der Waals surface area contributed by atoms with Gasteiger partial charge in [0.2, 0.25) is 0 Å². The largest absolute Gasteiger partial charge is 0.444 e. The minimum atomic E-state index is -0.808. The third-order valence-electron chi connectivity index (χ3n) is 3.90. The number of aliphatic hydroxyl groups is 1. The third-order valence-corrected chi connectivity index (χ3v) is 3.90. The number of hydrogen-bond donors (Lipinski definition) is 2. The van der Waals surface area contributed by atoms with E-state index in [1.54, 1.807) is 32.9 Å². The van der Waals surface area contributed by atoms with E-state index < -0.39 is 28.8 Å². The molecule has 1 aliphatic carbocycles. The monoisotopic (exact) mass is 349 g/mol. The molecule has 2 rings (SSSR count). The molecule has 25 heavy (non-hydrogen) atoms. The number of amides is 1. The fourth-order valence-corrected chi connectivity index (χ4v) is 2.78. The zero-order valence-corrected chi connectivity index (χ0v) is 14.7. The highest BCUT2D eigenvalue weighted by Gasteiger charge is 2.33. The third kappa shape index (κ3) is 4.76. The van der Waals surface area contributed by atoms with E-state index in [0.29, 0.717) is 17.6 Å². The number of aliphatic hydroxyl groups excluding tert-OH is 1. The molecule has 3 atom stereocenters. The Bertz CT molecular complexity index is 696. The van der Waals surface area contributed by atoms with E-state index in [4.69, 9.17) is 4.74 Å². The molecule has 1 aliphatic rings. The molecule has 136 valence electrons. The van der Waals surface area contributed by atoms with Gasteiger partial charge in [0.25, 0.3) is 5.69 Å². The van der Waals surface area contributed by atoms with E-state index in [9.17, 15) is 20.0 Å². The number of carbonyl (C=O) groups is 1. The van der Waals surface area contributed by atoms with Crippen molar-refractivity contribution in [1.29, 1.82) is 0 Å². The van der Waals surface area contributed by atoms with Crippen molar-refractivity contribution in [3.8, 4) is 0 Å². The Morgan fingerprint density at radius 1 is 1.48 bits per heavy atom. The van der Waals surface area contributed by atoms with Crippen LogP contribution in [0.4, 0.5) is 10.5 Å². The first-order chi connectivity index (χ1) is 11.6. The quantitative estimate of drug-likeness (QED) is 0.640. The van der Waals surface area contributed by atoms with Crippen molar-refractivity contribution in [2.45, 2.75) is 51.9 Å². The maximum Gasteiger partial charge on any atom is 0.408 e. The number of nitro groups is 1. The predicted octanol–water partition coefficient (Wildman–Crippen LogP) is 2.67. The lowest BCUT2D eigenvalue weighted by molar-refractivity contribution is -0.385. The maximum absolute atomic E-state index is 12.0. The molecule has 0 saturated heterocycles. The van der Waals surface area contributed by atoms with Crippen LogP contribution >= 0.6 is 0 Å². The summed E-state index contributed by atoms with van der Waals surface area (Å²) in [6.07, 6.45) is 3.33. The lowest BCUT2D eigenvalue weighted by Crippen LogP contribution is -2.48. The van der Waals surface area contributed by atoms with Crippen LogP contribution in [0.5, 0.6) is 0 Å². The predicted molar refractivity (Wildman–Crippen MR) is 91.8 cm³/mol. The average Bonchev–Trinajstić information content (AvgIpc) is 2.49. The molecular weight excluding hydrogens is 326 g/mol. The molecular formula is C17H23N3O5. The Morgan fingerprint density at radius 2 is 2.16 bits per heavy atom. The Kier molecular flexibility index (Phi) is 5.42. The zero-order chi connectivity index (χ0) is 18.8. The van der Waals surface area contributed by atoms with Crippen molar-refractivity contribution in [3.05, 3.63) is 40.2 Å². The van der Waals surface area contributed by atoms with E-state index in [-0.39, 0.29) is 11.6 Å². The maximum atomic E-state index is 12.0. The molecule has 0 saturated carbocycles. The van der Waals surface area contributed by atoms with Crippen molar-refractivity contribution in [2.75, 3.05) is 0 Å². The summed E-state index contributed by atoms with van der Waals surface area (Å²) in [5, 5.41) is 24.2. The number of aromatic nitrogens is 1. The van der Waals surface area contributed by atoms with Crippen LogP contribution in [0.1, 0.15) is 39.7 Å². The topological polar surface area (TPSA) is 115 Å². The van der Waals surface area contributed by atoms with E-state index in [1.165, 1.54) is 12.4 Å². The van der Waals surface area contributed by atoms with Crippen molar-refractivity contribution in [1.82, 2.24) is 10.3 Å². The van der Waals surface area contributed by atoms with Crippen LogP contribution in [-0.4, -0.2) is 38.9 Å². The van der Waals surface area contributed by atoms with Gasteiger partial charge < -0.3 is 15.2 Å². The second-order valence-electron chi connectivity index (χ2n) is 7.19. The van der Waals surface area contributed by atoms with Crippen molar-refractivity contribution < 1.29 is 19.6 Å². The molecule has 0 fully saturated rings. The minimum absolute atomic E-state index is 0.103. The number of alkyl carbamates (subject to hydrolysis) is 1. The molecule has 0 spiro atoms. The molecule has 1 amide bonds. The smallest absolute Gasteiger partial charge is 0.408 e. The first-order valence-corrected chi connectivity index (χ1v) is 8.05. The van der Waals surface area contributed by atoms with Crippen molar-refractivity contribution >= 4 is 17.4 Å². The molecule has 8 nitrogen and oxygen atoms in total. The minimum Gasteiger partial charge on any atom is -0.444 e. The number of allylic oxidation sites excluding steroid dienone is 1. The summed E-state index contributed by atoms with van der Waals surface area (Å²) in [6, 6.07) is 0.875. The molecule has 0 aromatic carbocycles. The van der Waals surface area contributed by atoms with Gasteiger partial charge in [-0.05, 0) is 44.7 Å². The van der Waals surface area contributed by atoms with E-state index in [1.807, 2.05) is 6.92 Å². The van der Waals surface area contributed by atoms with Gasteiger partial charge in [0.15, 0.2) is 0 Å². The molecule has 0 aliphatic heterocycles. The highest BCUT2D eigenvalue weighted by atomic mass is 16.6. The van der Waals surface area contributed by atoms with Gasteiger partial charge in [-0.2, -0.15) is 0 Å². The van der Waals surface area contributed by atoms with Crippen LogP contribution in [-0.2, 0) is 4.74 Å². The van der Waals surface area contributed by atoms with Crippen molar-refractivity contribution in [2.24, 2.45) is 5.92 Å². The first kappa shape index (κ1) is 18.9. The van der Waals surface area contributed by atoms with Gasteiger partial charge in [-0.15, -0.1) is 0 Å². The Balaban J connectivity index is 2.31. The molecule has 1 heterocycles. The Morgan fingerprint density at radius 3 is 2.76 bits per heavy atom. The normalized spacial score (nSPS) is 23.6. The van der Waals surface area contributed by atoms with E-state index in [2.05, 4.69) is 10.3 Å². The number of pyridine rings is 1. The number of nitrogens with zero attached hydrogens (tertiary/aromatic N) is 2. The van der Waals surface area contributed by atoms with Gasteiger partial charge in [0.05, 0.1) is 22.6 Å². The highest BCUT2D eigenvalue weighted by molar-refractivity contribution is 5.75. The fraction of sp³-hybridized carbons (Fsp3) is 0.529. The summed E-state index contributed by atoms with van der Waals surface area (Å²) >= 11 is 0. The number of nitrogens with one attached hydrogen (secondary N) is 1. The van der Waals surface area contributed by atoms with E-state index >= 15 is 0 Å². The summed E-state index contributed by atoms with van der Waals surface area (Å²) in [4.78, 5) is 26.5. The lowest BCUT2D eigenvalue weighted by atomic mass is 9.82. The van der Waals surface area contributed by atoms with Crippen LogP contribution in [0.25, 0.3) is 5.57 Å². The number of rotatable bonds is 3. The number of hydrogen-bond acceptors (Lipinski definition) is 6. The summed E-state index contributed by atoms with van der Waals surface area (Å²) in [5.41, 5.74) is 0.363. The Labute approximate surface area is 146 Å². The van der Waals surface area contributed by atoms with Crippen molar-refractivity contribution in [3.63, 3.8) is 0 Å². The van der Waals surface area contributed by atoms with Gasteiger partial charge in [-0.25, -0.2) is 4.79 Å². The Hall–Kier alpha value is -2.48. The molecule has 0 radical (unpaired) electrons. The van der Waals surface area contributed by atoms with Gasteiger partial charge in [0.1, 0.15) is 11.8 Å². The molecule has 0 bridgehead atoms. The summed E-state index contributed by atoms with van der Waals surface area (Å²) in [6.45, 7) is 7.06. The van der Waals surface area contributed by atoms with Gasteiger partial charge in [-0.3, -0.25) is 15.1 Å². The first-order valence-electron chi connectivity index (χ1n) is 8.05. The number of carbonyl (C=O) groups excluding carboxylic acids is 1. The van der Waals surface area contributed by atoms with Gasteiger partial charge >= 0.3 is 6.09 Å². The summed E-state index contributed by atoms with van der Waals surface area (Å²) in [5.74, 6) is -0.187. The van der Waals surface area contributed by atoms with Crippen LogP contribution in [0.3, 0.4) is 0 Å². The average molecular weight is 349 g/mol. The highest BCUT2D eigenvalue weighted by Crippen LogP contribution is 2.35. The van der Waals surface area contributed by atoms with Crippen LogP contribution in [0.15, 0.2) is 24.5 Å². The molecule has 2 N–H and O–H groups in total. The molecule has 1 aromatic rings. The second-order valence-corrected chi connectivity index (χ2v) is 7.19. The van der Waals surface area contributed by atoms with Crippen LogP contribution < -0.4 is 5.32 Å². The van der Waals surface area contributed by atoms with Gasteiger partial charge in [0, 0.05) is 6.20 Å². The van der Waals surface area contributed by atoms with Crippen LogP contribution in [0, 0.1) is 16.0 Å². The second kappa shape index (κ2) is 7.18. The SMILES string of the molecule is C[C@@H]1CC(c2ccncc2[N+](=O)[O-])=C[C@H](NC(=O)OC(C)(C)C)[C@@H]1O. The summed E-state index contributed by atoms with van der Waals surface area (Å²) in [7, 11) is 0. The number of ether oxygens (including phenoxy) is 1. The van der Waals surface area contributed by atoms with E-state index in [0.717, 1.165) is 0 Å². The molecule has 8 heteroatoms. The van der Waals surface area contributed by atoms with Gasteiger partial charge in [-0.1, -0.05) is 13.0 Å². The molecule has 1 aromatic heterocycles. The standard InChI is InChI=1S/C17H23N3O5/c1-10-7-11(12-5-6-18-9-14(12)20(23)24)8-13(15(10)21)19-16(22)25-17(2,3)4/h5-6,8-10,13,15,21H,7H2,1-4H3,(H,19,22)/t10-,13+,15-/m1/s1. The molecule has 0 unspecified atom stereocenters. The van der Waals surface area contributed by atoms with Crippen LogP contribution in [0.2, 0.25) is 0 Å². The zero-order valence-electron chi connectivity index (χ0n) is 14.7.